The summed E-state index contributed by atoms with van der Waals surface area (Å²) in [5, 5.41) is 3.66. The second-order valence-electron chi connectivity index (χ2n) is 5.30. The summed E-state index contributed by atoms with van der Waals surface area (Å²) in [6.07, 6.45) is -0.603. The minimum absolute atomic E-state index is 0.150. The molecule has 1 heterocycles. The van der Waals surface area contributed by atoms with Gasteiger partial charge in [-0.2, -0.15) is 11.8 Å². The van der Waals surface area contributed by atoms with E-state index in [1.165, 1.54) is 0 Å². The van der Waals surface area contributed by atoms with Crippen LogP contribution in [0.4, 0.5) is 0 Å². The maximum absolute atomic E-state index is 12.1. The van der Waals surface area contributed by atoms with E-state index in [1.807, 2.05) is 42.5 Å². The lowest BCUT2D eigenvalue weighted by molar-refractivity contribution is -0.130. The Morgan fingerprint density at radius 2 is 1.92 bits per heavy atom. The number of rotatable bonds is 6. The second-order valence-corrected chi connectivity index (χ2v) is 6.81. The van der Waals surface area contributed by atoms with Crippen molar-refractivity contribution in [3.05, 3.63) is 59.1 Å². The molecule has 6 heteroatoms. The number of para-hydroxylation sites is 2. The average molecular weight is 364 g/mol. The lowest BCUT2D eigenvalue weighted by Gasteiger charge is -2.25. The van der Waals surface area contributed by atoms with E-state index in [9.17, 15) is 4.79 Å². The highest BCUT2D eigenvalue weighted by Gasteiger charge is 2.26. The summed E-state index contributed by atoms with van der Waals surface area (Å²) < 4.78 is 11.2. The fourth-order valence-electron chi connectivity index (χ4n) is 2.31. The van der Waals surface area contributed by atoms with Crippen LogP contribution in [-0.2, 0) is 10.5 Å². The van der Waals surface area contributed by atoms with Gasteiger partial charge in [0.05, 0.1) is 0 Å². The van der Waals surface area contributed by atoms with Crippen molar-refractivity contribution in [2.45, 2.75) is 11.9 Å². The molecule has 3 rings (SSSR count). The molecule has 0 radical (unpaired) electrons. The molecule has 0 aliphatic carbocycles. The van der Waals surface area contributed by atoms with Crippen molar-refractivity contribution < 1.29 is 14.3 Å². The summed E-state index contributed by atoms with van der Waals surface area (Å²) in [7, 11) is 0. The first kappa shape index (κ1) is 17.0. The Morgan fingerprint density at radius 1 is 1.17 bits per heavy atom. The van der Waals surface area contributed by atoms with Crippen molar-refractivity contribution >= 4 is 29.3 Å². The zero-order chi connectivity index (χ0) is 16.8. The third-order valence-electron chi connectivity index (χ3n) is 3.56. The molecule has 1 atom stereocenters. The highest BCUT2D eigenvalue weighted by molar-refractivity contribution is 7.98. The van der Waals surface area contributed by atoms with E-state index in [2.05, 4.69) is 5.32 Å². The first-order valence-corrected chi connectivity index (χ1v) is 9.24. The largest absolute Gasteiger partial charge is 0.485 e. The molecule has 0 bridgehead atoms. The van der Waals surface area contributed by atoms with E-state index in [1.54, 1.807) is 17.8 Å². The van der Waals surface area contributed by atoms with Crippen LogP contribution in [0, 0.1) is 0 Å². The van der Waals surface area contributed by atoms with Gasteiger partial charge in [-0.05, 0) is 23.8 Å². The van der Waals surface area contributed by atoms with Crippen molar-refractivity contribution in [2.75, 3.05) is 18.9 Å². The Hall–Kier alpha value is -1.85. The maximum atomic E-state index is 12.1. The molecule has 1 amide bonds. The van der Waals surface area contributed by atoms with Crippen molar-refractivity contribution in [3.8, 4) is 11.5 Å². The van der Waals surface area contributed by atoms with Gasteiger partial charge in [0.2, 0.25) is 6.10 Å². The number of fused-ring (bicyclic) bond motifs is 1. The highest BCUT2D eigenvalue weighted by atomic mass is 35.5. The van der Waals surface area contributed by atoms with Gasteiger partial charge in [0.25, 0.3) is 5.91 Å². The van der Waals surface area contributed by atoms with Gasteiger partial charge in [-0.3, -0.25) is 4.79 Å². The number of ether oxygens (including phenoxy) is 2. The first-order valence-electron chi connectivity index (χ1n) is 7.71. The van der Waals surface area contributed by atoms with Crippen LogP contribution in [-0.4, -0.2) is 30.9 Å². The normalized spacial score (nSPS) is 15.8. The fraction of sp³-hybridized carbons (Fsp3) is 0.278. The van der Waals surface area contributed by atoms with Gasteiger partial charge in [-0.15, -0.1) is 0 Å². The molecule has 24 heavy (non-hydrogen) atoms. The third-order valence-corrected chi connectivity index (χ3v) is 4.94. The van der Waals surface area contributed by atoms with E-state index in [4.69, 9.17) is 21.1 Å². The summed E-state index contributed by atoms with van der Waals surface area (Å²) >= 11 is 7.84. The molecule has 2 aromatic rings. The van der Waals surface area contributed by atoms with Crippen molar-refractivity contribution in [3.63, 3.8) is 0 Å². The van der Waals surface area contributed by atoms with Crippen LogP contribution in [0.5, 0.6) is 11.5 Å². The summed E-state index contributed by atoms with van der Waals surface area (Å²) in [5.41, 5.74) is 1.11. The molecule has 1 aliphatic rings. The number of hydrogen-bond donors (Lipinski definition) is 1. The van der Waals surface area contributed by atoms with Crippen LogP contribution in [0.25, 0.3) is 0 Å². The molecular formula is C18H18ClNO3S. The second kappa shape index (κ2) is 8.31. The first-order chi connectivity index (χ1) is 11.7. The summed E-state index contributed by atoms with van der Waals surface area (Å²) in [6.45, 7) is 0.811. The number of thioether (sulfide) groups is 1. The summed E-state index contributed by atoms with van der Waals surface area (Å²) in [6, 6.07) is 15.1. The van der Waals surface area contributed by atoms with Gasteiger partial charge >= 0.3 is 0 Å². The molecule has 0 saturated heterocycles. The minimum atomic E-state index is -0.603. The number of amides is 1. The molecule has 0 spiro atoms. The number of benzene rings is 2. The smallest absolute Gasteiger partial charge is 0.264 e. The lowest BCUT2D eigenvalue weighted by Crippen LogP contribution is -2.44. The monoisotopic (exact) mass is 363 g/mol. The molecule has 0 unspecified atom stereocenters. The van der Waals surface area contributed by atoms with Crippen molar-refractivity contribution in [1.82, 2.24) is 5.32 Å². The van der Waals surface area contributed by atoms with E-state index in [-0.39, 0.29) is 12.5 Å². The van der Waals surface area contributed by atoms with Crippen molar-refractivity contribution in [2.24, 2.45) is 0 Å². The van der Waals surface area contributed by atoms with Gasteiger partial charge in [-0.1, -0.05) is 41.9 Å². The topological polar surface area (TPSA) is 47.6 Å². The predicted octanol–water partition coefficient (Wildman–Crippen LogP) is 3.53. The van der Waals surface area contributed by atoms with Crippen LogP contribution < -0.4 is 14.8 Å². The Bertz CT molecular complexity index is 710. The number of hydrogen-bond acceptors (Lipinski definition) is 4. The average Bonchev–Trinajstić information content (AvgIpc) is 2.62. The van der Waals surface area contributed by atoms with E-state index in [0.717, 1.165) is 22.1 Å². The Kier molecular flexibility index (Phi) is 5.88. The quantitative estimate of drug-likeness (QED) is 0.797. The number of carbonyl (C=O) groups is 1. The molecule has 0 aromatic heterocycles. The molecule has 4 nitrogen and oxygen atoms in total. The third kappa shape index (κ3) is 4.36. The predicted molar refractivity (Wildman–Crippen MR) is 97.0 cm³/mol. The van der Waals surface area contributed by atoms with Gasteiger partial charge in [0.15, 0.2) is 11.5 Å². The van der Waals surface area contributed by atoms with Gasteiger partial charge in [-0.25, -0.2) is 0 Å². The van der Waals surface area contributed by atoms with Gasteiger partial charge in [0.1, 0.15) is 6.61 Å². The minimum Gasteiger partial charge on any atom is -0.485 e. The number of carbonyl (C=O) groups excluding carboxylic acids is 1. The molecule has 126 valence electrons. The Labute approximate surface area is 150 Å². The zero-order valence-corrected chi connectivity index (χ0v) is 14.6. The zero-order valence-electron chi connectivity index (χ0n) is 13.0. The SMILES string of the molecule is O=C(NCCSCc1ccccc1Cl)[C@H]1COc2ccccc2O1. The van der Waals surface area contributed by atoms with E-state index < -0.39 is 6.10 Å². The van der Waals surface area contributed by atoms with Crippen molar-refractivity contribution in [1.29, 1.82) is 0 Å². The lowest BCUT2D eigenvalue weighted by atomic mass is 10.2. The summed E-state index contributed by atoms with van der Waals surface area (Å²) in [5.74, 6) is 2.77. The van der Waals surface area contributed by atoms with Crippen LogP contribution in [0.15, 0.2) is 48.5 Å². The van der Waals surface area contributed by atoms with Gasteiger partial charge < -0.3 is 14.8 Å². The van der Waals surface area contributed by atoms with Gasteiger partial charge in [0, 0.05) is 23.1 Å². The Balaban J connectivity index is 1.38. The highest BCUT2D eigenvalue weighted by Crippen LogP contribution is 2.30. The molecular weight excluding hydrogens is 346 g/mol. The fourth-order valence-corrected chi connectivity index (χ4v) is 3.45. The number of nitrogens with one attached hydrogen (secondary N) is 1. The summed E-state index contributed by atoms with van der Waals surface area (Å²) in [4.78, 5) is 12.1. The molecule has 0 saturated carbocycles. The van der Waals surface area contributed by atoms with Crippen LogP contribution >= 0.6 is 23.4 Å². The molecule has 1 N–H and O–H groups in total. The molecule has 1 aliphatic heterocycles. The maximum Gasteiger partial charge on any atom is 0.264 e. The Morgan fingerprint density at radius 3 is 2.75 bits per heavy atom. The molecule has 0 fully saturated rings. The molecule has 2 aromatic carbocycles. The van der Waals surface area contributed by atoms with E-state index in [0.29, 0.717) is 18.0 Å². The van der Waals surface area contributed by atoms with Crippen LogP contribution in [0.3, 0.4) is 0 Å². The van der Waals surface area contributed by atoms with E-state index >= 15 is 0 Å². The number of halogens is 1. The standard InChI is InChI=1S/C18H18ClNO3S/c19-14-6-2-1-5-13(14)12-24-10-9-20-18(21)17-11-22-15-7-3-4-8-16(15)23-17/h1-8,17H,9-12H2,(H,20,21)/t17-/m1/s1. The van der Waals surface area contributed by atoms with Crippen LogP contribution in [0.1, 0.15) is 5.56 Å². The van der Waals surface area contributed by atoms with Crippen LogP contribution in [0.2, 0.25) is 5.02 Å².